The van der Waals surface area contributed by atoms with Crippen molar-refractivity contribution in [2.45, 2.75) is 20.0 Å². The van der Waals surface area contributed by atoms with Crippen molar-refractivity contribution in [2.75, 3.05) is 18.5 Å². The molecule has 0 aromatic heterocycles. The smallest absolute Gasteiger partial charge is 0.0852 e. The van der Waals surface area contributed by atoms with E-state index in [1.807, 2.05) is 0 Å². The highest BCUT2D eigenvalue weighted by atomic mass is 16.3. The van der Waals surface area contributed by atoms with Gasteiger partial charge in [-0.25, -0.2) is 0 Å². The number of rotatable bonds is 0. The van der Waals surface area contributed by atoms with Gasteiger partial charge in [-0.2, -0.15) is 0 Å². The Morgan fingerprint density at radius 3 is 2.86 bits per heavy atom. The quantitative estimate of drug-likeness (QED) is 0.679. The summed E-state index contributed by atoms with van der Waals surface area (Å²) in [7, 11) is 2.08. The van der Waals surface area contributed by atoms with E-state index in [1.54, 1.807) is 0 Å². The highest BCUT2D eigenvalue weighted by molar-refractivity contribution is 5.57. The Balaban J connectivity index is 2.51. The molecule has 1 aliphatic rings. The molecule has 2 heteroatoms. The maximum absolute atomic E-state index is 10.0. The van der Waals surface area contributed by atoms with Crippen LogP contribution >= 0.6 is 0 Å². The number of aryl methyl sites for hydroxylation is 1. The predicted octanol–water partition coefficient (Wildman–Crippen LogP) is 2.11. The number of anilines is 1. The zero-order chi connectivity index (χ0) is 10.3. The fraction of sp³-hybridized carbons (Fsp3) is 0.500. The van der Waals surface area contributed by atoms with Gasteiger partial charge in [-0.15, -0.1) is 0 Å². The third kappa shape index (κ3) is 1.40. The van der Waals surface area contributed by atoms with E-state index in [9.17, 15) is 5.11 Å². The molecule has 0 spiro atoms. The second-order valence-corrected chi connectivity index (χ2v) is 4.36. The van der Waals surface area contributed by atoms with Gasteiger partial charge in [-0.05, 0) is 13.0 Å². The molecule has 1 aromatic carbocycles. The van der Waals surface area contributed by atoms with Crippen LogP contribution in [0.4, 0.5) is 5.69 Å². The largest absolute Gasteiger partial charge is 0.388 e. The van der Waals surface area contributed by atoms with Gasteiger partial charge in [0.15, 0.2) is 0 Å². The molecule has 0 radical (unpaired) electrons. The predicted molar refractivity (Wildman–Crippen MR) is 58.6 cm³/mol. The normalized spacial score (nSPS) is 26.1. The lowest BCUT2D eigenvalue weighted by Gasteiger charge is -2.35. The first-order valence-corrected chi connectivity index (χ1v) is 5.09. The molecule has 1 heterocycles. The number of hydrogen-bond donors (Lipinski definition) is 1. The van der Waals surface area contributed by atoms with Gasteiger partial charge < -0.3 is 10.0 Å². The average Bonchev–Trinajstić information content (AvgIpc) is 2.14. The fourth-order valence-corrected chi connectivity index (χ4v) is 2.20. The molecule has 1 aliphatic heterocycles. The van der Waals surface area contributed by atoms with Crippen LogP contribution in [0.1, 0.15) is 24.2 Å². The molecule has 0 unspecified atom stereocenters. The molecule has 0 bridgehead atoms. The van der Waals surface area contributed by atoms with Gasteiger partial charge in [-0.1, -0.05) is 24.6 Å². The van der Waals surface area contributed by atoms with Gasteiger partial charge in [0.2, 0.25) is 0 Å². The van der Waals surface area contributed by atoms with Crippen molar-refractivity contribution >= 4 is 5.69 Å². The van der Waals surface area contributed by atoms with Crippen LogP contribution < -0.4 is 4.90 Å². The van der Waals surface area contributed by atoms with Crippen molar-refractivity contribution in [1.29, 1.82) is 0 Å². The minimum Gasteiger partial charge on any atom is -0.388 e. The van der Waals surface area contributed by atoms with Gasteiger partial charge in [0.25, 0.3) is 0 Å². The maximum Gasteiger partial charge on any atom is 0.0852 e. The lowest BCUT2D eigenvalue weighted by molar-refractivity contribution is 0.115. The highest BCUT2D eigenvalue weighted by Gasteiger charge is 2.27. The SMILES string of the molecule is Cc1ccc2c(c1)[C@@H](O)[C@@H](C)CN2C. The number of nitrogens with zero attached hydrogens (tertiary/aromatic N) is 1. The van der Waals surface area contributed by atoms with E-state index >= 15 is 0 Å². The summed E-state index contributed by atoms with van der Waals surface area (Å²) in [5, 5.41) is 10.0. The molecule has 14 heavy (non-hydrogen) atoms. The molecule has 0 aliphatic carbocycles. The van der Waals surface area contributed by atoms with Gasteiger partial charge in [-0.3, -0.25) is 0 Å². The Hall–Kier alpha value is -1.02. The van der Waals surface area contributed by atoms with E-state index in [0.29, 0.717) is 5.92 Å². The van der Waals surface area contributed by atoms with Crippen LogP contribution in [-0.4, -0.2) is 18.7 Å². The second-order valence-electron chi connectivity index (χ2n) is 4.36. The van der Waals surface area contributed by atoms with E-state index < -0.39 is 0 Å². The van der Waals surface area contributed by atoms with Gasteiger partial charge in [0.05, 0.1) is 6.10 Å². The number of aliphatic hydroxyl groups excluding tert-OH is 1. The minimum absolute atomic E-state index is 0.305. The highest BCUT2D eigenvalue weighted by Crippen LogP contribution is 2.36. The van der Waals surface area contributed by atoms with Crippen molar-refractivity contribution in [3.8, 4) is 0 Å². The third-order valence-electron chi connectivity index (χ3n) is 3.01. The van der Waals surface area contributed by atoms with Crippen LogP contribution in [0, 0.1) is 12.8 Å². The molecule has 0 fully saturated rings. The van der Waals surface area contributed by atoms with Crippen molar-refractivity contribution in [3.63, 3.8) is 0 Å². The summed E-state index contributed by atoms with van der Waals surface area (Å²) in [6.45, 7) is 5.08. The summed E-state index contributed by atoms with van der Waals surface area (Å²) in [5.74, 6) is 0.314. The zero-order valence-electron chi connectivity index (χ0n) is 8.99. The molecule has 0 saturated carbocycles. The zero-order valence-corrected chi connectivity index (χ0v) is 8.99. The topological polar surface area (TPSA) is 23.5 Å². The lowest BCUT2D eigenvalue weighted by Crippen LogP contribution is -2.33. The first-order valence-electron chi connectivity index (χ1n) is 5.09. The molecule has 1 N–H and O–H groups in total. The maximum atomic E-state index is 10.0. The van der Waals surface area contributed by atoms with Gasteiger partial charge >= 0.3 is 0 Å². The monoisotopic (exact) mass is 191 g/mol. The van der Waals surface area contributed by atoms with E-state index in [-0.39, 0.29) is 6.10 Å². The molecule has 76 valence electrons. The Morgan fingerprint density at radius 1 is 1.43 bits per heavy atom. The summed E-state index contributed by atoms with van der Waals surface area (Å²) in [6, 6.07) is 6.28. The summed E-state index contributed by atoms with van der Waals surface area (Å²) >= 11 is 0. The van der Waals surface area contributed by atoms with E-state index in [0.717, 1.165) is 12.1 Å². The van der Waals surface area contributed by atoms with Gasteiger partial charge in [0.1, 0.15) is 0 Å². The molecule has 1 aromatic rings. The van der Waals surface area contributed by atoms with Crippen molar-refractivity contribution in [1.82, 2.24) is 0 Å². The van der Waals surface area contributed by atoms with E-state index in [1.165, 1.54) is 11.3 Å². The minimum atomic E-state index is -0.305. The average molecular weight is 191 g/mol. The summed E-state index contributed by atoms with van der Waals surface area (Å²) in [6.07, 6.45) is -0.305. The second kappa shape index (κ2) is 3.28. The number of fused-ring (bicyclic) bond motifs is 1. The summed E-state index contributed by atoms with van der Waals surface area (Å²) < 4.78 is 0. The molecular weight excluding hydrogens is 174 g/mol. The Morgan fingerprint density at radius 2 is 2.14 bits per heavy atom. The number of hydrogen-bond acceptors (Lipinski definition) is 2. The van der Waals surface area contributed by atoms with E-state index in [4.69, 9.17) is 0 Å². The van der Waals surface area contributed by atoms with Crippen LogP contribution in [0.15, 0.2) is 18.2 Å². The van der Waals surface area contributed by atoms with Crippen molar-refractivity contribution in [2.24, 2.45) is 5.92 Å². The Bertz CT molecular complexity index is 348. The Labute approximate surface area is 85.2 Å². The summed E-state index contributed by atoms with van der Waals surface area (Å²) in [5.41, 5.74) is 3.46. The number of aliphatic hydroxyl groups is 1. The summed E-state index contributed by atoms with van der Waals surface area (Å²) in [4.78, 5) is 2.21. The molecule has 0 saturated heterocycles. The lowest BCUT2D eigenvalue weighted by atomic mass is 9.90. The Kier molecular flexibility index (Phi) is 2.23. The molecule has 2 nitrogen and oxygen atoms in total. The molecule has 0 amide bonds. The molecule has 2 rings (SSSR count). The van der Waals surface area contributed by atoms with Crippen LogP contribution in [0.2, 0.25) is 0 Å². The van der Waals surface area contributed by atoms with Crippen molar-refractivity contribution in [3.05, 3.63) is 29.3 Å². The molecular formula is C12H17NO. The van der Waals surface area contributed by atoms with Crippen LogP contribution in [0.5, 0.6) is 0 Å². The third-order valence-corrected chi connectivity index (χ3v) is 3.01. The van der Waals surface area contributed by atoms with Crippen LogP contribution in [-0.2, 0) is 0 Å². The standard InChI is InChI=1S/C12H17NO/c1-8-4-5-11-10(6-8)12(14)9(2)7-13(11)3/h4-6,9,12,14H,7H2,1-3H3/t9-,12-/m0/s1. The number of benzene rings is 1. The van der Waals surface area contributed by atoms with Crippen LogP contribution in [0.25, 0.3) is 0 Å². The van der Waals surface area contributed by atoms with Gasteiger partial charge in [0, 0.05) is 30.8 Å². The molecule has 2 atom stereocenters. The van der Waals surface area contributed by atoms with E-state index in [2.05, 4.69) is 44.0 Å². The first kappa shape index (κ1) is 9.53. The van der Waals surface area contributed by atoms with Crippen LogP contribution in [0.3, 0.4) is 0 Å². The van der Waals surface area contributed by atoms with Crippen molar-refractivity contribution < 1.29 is 5.11 Å². The first-order chi connectivity index (χ1) is 6.59. The fourth-order valence-electron chi connectivity index (χ4n) is 2.20.